The highest BCUT2D eigenvalue weighted by molar-refractivity contribution is 5.75. The summed E-state index contributed by atoms with van der Waals surface area (Å²) in [5, 5.41) is 0. The molecule has 0 aromatic heterocycles. The third-order valence-corrected chi connectivity index (χ3v) is 1.48. The molecule has 0 saturated heterocycles. The molecule has 0 unspecified atom stereocenters. The summed E-state index contributed by atoms with van der Waals surface area (Å²) in [5.74, 6) is 0.142. The predicted molar refractivity (Wildman–Crippen MR) is 46.2 cm³/mol. The Hall–Kier alpha value is -0.570. The monoisotopic (exact) mass is 158 g/mol. The molecule has 0 aliphatic carbocycles. The molecule has 66 valence electrons. The minimum absolute atomic E-state index is 0.142. The van der Waals surface area contributed by atoms with Gasteiger partial charge >= 0.3 is 0 Å². The zero-order valence-electron chi connectivity index (χ0n) is 7.85. The average molecular weight is 158 g/mol. The quantitative estimate of drug-likeness (QED) is 0.653. The van der Waals surface area contributed by atoms with E-state index in [4.69, 9.17) is 5.73 Å². The van der Waals surface area contributed by atoms with Crippen LogP contribution in [0.4, 0.5) is 0 Å². The standard InChI is InChI=1S/C8H18N2O/c1-8(2,9)6-5-7(11)10(3)4/h5-6,9H2,1-4H3. The minimum Gasteiger partial charge on any atom is -0.349 e. The number of carbonyl (C=O) groups is 1. The lowest BCUT2D eigenvalue weighted by Crippen LogP contribution is -2.34. The Morgan fingerprint density at radius 1 is 1.45 bits per heavy atom. The number of carbonyl (C=O) groups excluding carboxylic acids is 1. The first kappa shape index (κ1) is 10.4. The van der Waals surface area contributed by atoms with Gasteiger partial charge in [0.25, 0.3) is 0 Å². The molecular formula is C8H18N2O. The van der Waals surface area contributed by atoms with Gasteiger partial charge in [0, 0.05) is 26.1 Å². The van der Waals surface area contributed by atoms with Crippen molar-refractivity contribution < 1.29 is 4.79 Å². The third-order valence-electron chi connectivity index (χ3n) is 1.48. The van der Waals surface area contributed by atoms with Gasteiger partial charge in [-0.2, -0.15) is 0 Å². The smallest absolute Gasteiger partial charge is 0.222 e. The molecule has 0 bridgehead atoms. The van der Waals surface area contributed by atoms with E-state index in [0.29, 0.717) is 6.42 Å². The Kier molecular flexibility index (Phi) is 3.52. The van der Waals surface area contributed by atoms with Gasteiger partial charge in [-0.15, -0.1) is 0 Å². The van der Waals surface area contributed by atoms with Crippen molar-refractivity contribution in [3.63, 3.8) is 0 Å². The van der Waals surface area contributed by atoms with Crippen LogP contribution in [0.25, 0.3) is 0 Å². The Morgan fingerprint density at radius 3 is 2.18 bits per heavy atom. The number of nitrogens with zero attached hydrogens (tertiary/aromatic N) is 1. The molecule has 2 N–H and O–H groups in total. The number of hydrogen-bond donors (Lipinski definition) is 1. The van der Waals surface area contributed by atoms with E-state index in [2.05, 4.69) is 0 Å². The first-order chi connectivity index (χ1) is 4.83. The largest absolute Gasteiger partial charge is 0.349 e. The van der Waals surface area contributed by atoms with Gasteiger partial charge in [0.1, 0.15) is 0 Å². The maximum atomic E-state index is 11.1. The van der Waals surface area contributed by atoms with Crippen molar-refractivity contribution in [2.24, 2.45) is 5.73 Å². The van der Waals surface area contributed by atoms with Crippen molar-refractivity contribution in [3.05, 3.63) is 0 Å². The van der Waals surface area contributed by atoms with Crippen LogP contribution < -0.4 is 5.73 Å². The van der Waals surface area contributed by atoms with Gasteiger partial charge in [-0.25, -0.2) is 0 Å². The van der Waals surface area contributed by atoms with Crippen LogP contribution in [0.5, 0.6) is 0 Å². The van der Waals surface area contributed by atoms with E-state index in [1.165, 1.54) is 0 Å². The number of hydrogen-bond acceptors (Lipinski definition) is 2. The fourth-order valence-corrected chi connectivity index (χ4v) is 0.653. The van der Waals surface area contributed by atoms with Crippen LogP contribution in [0.3, 0.4) is 0 Å². The molecule has 0 saturated carbocycles. The molecule has 0 aliphatic heterocycles. The van der Waals surface area contributed by atoms with Crippen molar-refractivity contribution in [1.29, 1.82) is 0 Å². The van der Waals surface area contributed by atoms with Gasteiger partial charge in [-0.3, -0.25) is 4.79 Å². The molecule has 0 fully saturated rings. The fraction of sp³-hybridized carbons (Fsp3) is 0.875. The molecular weight excluding hydrogens is 140 g/mol. The van der Waals surface area contributed by atoms with Crippen molar-refractivity contribution in [3.8, 4) is 0 Å². The maximum absolute atomic E-state index is 11.1. The number of amides is 1. The zero-order chi connectivity index (χ0) is 9.07. The highest BCUT2D eigenvalue weighted by Crippen LogP contribution is 2.07. The SMILES string of the molecule is CN(C)C(=O)CCC(C)(C)N. The van der Waals surface area contributed by atoms with Crippen LogP contribution in [0.1, 0.15) is 26.7 Å². The summed E-state index contributed by atoms with van der Waals surface area (Å²) < 4.78 is 0. The summed E-state index contributed by atoms with van der Waals surface area (Å²) in [6.07, 6.45) is 1.28. The third kappa shape index (κ3) is 5.85. The Labute approximate surface area is 68.6 Å². The Bertz CT molecular complexity index is 136. The topological polar surface area (TPSA) is 46.3 Å². The summed E-state index contributed by atoms with van der Waals surface area (Å²) in [4.78, 5) is 12.6. The fourth-order valence-electron chi connectivity index (χ4n) is 0.653. The first-order valence-corrected chi connectivity index (χ1v) is 3.82. The van der Waals surface area contributed by atoms with Crippen LogP contribution in [-0.4, -0.2) is 30.4 Å². The first-order valence-electron chi connectivity index (χ1n) is 3.82. The lowest BCUT2D eigenvalue weighted by molar-refractivity contribution is -0.129. The average Bonchev–Trinajstić information content (AvgIpc) is 1.80. The van der Waals surface area contributed by atoms with Gasteiger partial charge in [0.05, 0.1) is 0 Å². The van der Waals surface area contributed by atoms with Gasteiger partial charge in [0.2, 0.25) is 5.91 Å². The molecule has 11 heavy (non-hydrogen) atoms. The second-order valence-corrected chi connectivity index (χ2v) is 3.78. The molecule has 0 spiro atoms. The van der Waals surface area contributed by atoms with Crippen LogP contribution >= 0.6 is 0 Å². The minimum atomic E-state index is -0.230. The Balaban J connectivity index is 3.64. The van der Waals surface area contributed by atoms with Crippen LogP contribution in [0, 0.1) is 0 Å². The van der Waals surface area contributed by atoms with E-state index in [0.717, 1.165) is 6.42 Å². The normalized spacial score (nSPS) is 11.4. The van der Waals surface area contributed by atoms with Crippen molar-refractivity contribution >= 4 is 5.91 Å². The van der Waals surface area contributed by atoms with Crippen LogP contribution in [-0.2, 0) is 4.79 Å². The van der Waals surface area contributed by atoms with Crippen LogP contribution in [0.2, 0.25) is 0 Å². The van der Waals surface area contributed by atoms with Gasteiger partial charge in [0.15, 0.2) is 0 Å². The molecule has 0 aromatic rings. The second-order valence-electron chi connectivity index (χ2n) is 3.78. The van der Waals surface area contributed by atoms with E-state index < -0.39 is 0 Å². The van der Waals surface area contributed by atoms with E-state index in [9.17, 15) is 4.79 Å². The summed E-state index contributed by atoms with van der Waals surface area (Å²) in [5.41, 5.74) is 5.48. The molecule has 0 heterocycles. The summed E-state index contributed by atoms with van der Waals surface area (Å²) in [7, 11) is 3.51. The molecule has 0 aliphatic rings. The zero-order valence-corrected chi connectivity index (χ0v) is 7.85. The molecule has 0 atom stereocenters. The highest BCUT2D eigenvalue weighted by atomic mass is 16.2. The molecule has 0 rings (SSSR count). The summed E-state index contributed by atoms with van der Waals surface area (Å²) >= 11 is 0. The van der Waals surface area contributed by atoms with Gasteiger partial charge in [-0.1, -0.05) is 0 Å². The van der Waals surface area contributed by atoms with Crippen molar-refractivity contribution in [2.75, 3.05) is 14.1 Å². The number of nitrogens with two attached hydrogens (primary N) is 1. The van der Waals surface area contributed by atoms with Gasteiger partial charge < -0.3 is 10.6 Å². The van der Waals surface area contributed by atoms with E-state index in [1.807, 2.05) is 13.8 Å². The number of rotatable bonds is 3. The van der Waals surface area contributed by atoms with Gasteiger partial charge in [-0.05, 0) is 20.3 Å². The molecule has 3 nitrogen and oxygen atoms in total. The molecule has 1 amide bonds. The summed E-state index contributed by atoms with van der Waals surface area (Å²) in [6, 6.07) is 0. The summed E-state index contributed by atoms with van der Waals surface area (Å²) in [6.45, 7) is 3.85. The van der Waals surface area contributed by atoms with Crippen molar-refractivity contribution in [1.82, 2.24) is 4.90 Å². The van der Waals surface area contributed by atoms with E-state index in [-0.39, 0.29) is 11.4 Å². The van der Waals surface area contributed by atoms with E-state index in [1.54, 1.807) is 19.0 Å². The molecule has 3 heteroatoms. The highest BCUT2D eigenvalue weighted by Gasteiger charge is 2.13. The van der Waals surface area contributed by atoms with Crippen LogP contribution in [0.15, 0.2) is 0 Å². The maximum Gasteiger partial charge on any atom is 0.222 e. The lowest BCUT2D eigenvalue weighted by Gasteiger charge is -2.19. The molecule has 0 aromatic carbocycles. The predicted octanol–water partition coefficient (Wildman–Crippen LogP) is 0.592. The molecule has 0 radical (unpaired) electrons. The van der Waals surface area contributed by atoms with E-state index >= 15 is 0 Å². The lowest BCUT2D eigenvalue weighted by atomic mass is 10.00. The Morgan fingerprint density at radius 2 is 1.91 bits per heavy atom. The second kappa shape index (κ2) is 3.72. The van der Waals surface area contributed by atoms with Crippen molar-refractivity contribution in [2.45, 2.75) is 32.2 Å².